The number of piperazine rings is 1. The Bertz CT molecular complexity index is 724. The fourth-order valence-corrected chi connectivity index (χ4v) is 4.92. The first-order valence-corrected chi connectivity index (χ1v) is 11.3. The van der Waals surface area contributed by atoms with Gasteiger partial charge in [-0.2, -0.15) is 0 Å². The maximum absolute atomic E-state index is 12.9. The van der Waals surface area contributed by atoms with Gasteiger partial charge in [-0.1, -0.05) is 12.1 Å². The lowest BCUT2D eigenvalue weighted by Gasteiger charge is -2.34. The number of rotatable bonds is 5. The normalized spacial score (nSPS) is 24.2. The van der Waals surface area contributed by atoms with Crippen molar-refractivity contribution in [1.82, 2.24) is 14.7 Å². The van der Waals surface area contributed by atoms with E-state index in [4.69, 9.17) is 4.74 Å². The molecular formula is C23H34N4O3. The van der Waals surface area contributed by atoms with Crippen LogP contribution >= 0.6 is 0 Å². The van der Waals surface area contributed by atoms with Crippen molar-refractivity contribution >= 4 is 17.5 Å². The molecule has 3 saturated heterocycles. The molecule has 164 valence electrons. The number of likely N-dealkylation sites (tertiary alicyclic amines) is 1. The van der Waals surface area contributed by atoms with Crippen molar-refractivity contribution in [3.8, 4) is 0 Å². The summed E-state index contributed by atoms with van der Waals surface area (Å²) in [5.41, 5.74) is 2.10. The predicted molar refractivity (Wildman–Crippen MR) is 116 cm³/mol. The second-order valence-corrected chi connectivity index (χ2v) is 8.71. The fourth-order valence-electron chi connectivity index (χ4n) is 4.92. The van der Waals surface area contributed by atoms with Crippen LogP contribution in [0.25, 0.3) is 0 Å². The maximum Gasteiger partial charge on any atom is 0.241 e. The van der Waals surface area contributed by atoms with E-state index in [1.165, 1.54) is 5.56 Å². The van der Waals surface area contributed by atoms with E-state index in [2.05, 4.69) is 27.2 Å². The molecule has 7 nitrogen and oxygen atoms in total. The summed E-state index contributed by atoms with van der Waals surface area (Å²) in [6, 6.07) is 8.66. The quantitative estimate of drug-likeness (QED) is 0.798. The van der Waals surface area contributed by atoms with Gasteiger partial charge in [-0.15, -0.1) is 0 Å². The zero-order valence-corrected chi connectivity index (χ0v) is 18.0. The van der Waals surface area contributed by atoms with Gasteiger partial charge in [-0.25, -0.2) is 0 Å². The summed E-state index contributed by atoms with van der Waals surface area (Å²) in [4.78, 5) is 31.1. The third-order valence-corrected chi connectivity index (χ3v) is 6.70. The van der Waals surface area contributed by atoms with Crippen LogP contribution in [-0.2, 0) is 20.9 Å². The lowest BCUT2D eigenvalue weighted by atomic mass is 10.1. The number of anilines is 1. The van der Waals surface area contributed by atoms with Crippen molar-refractivity contribution in [2.24, 2.45) is 0 Å². The van der Waals surface area contributed by atoms with Crippen molar-refractivity contribution in [3.63, 3.8) is 0 Å². The van der Waals surface area contributed by atoms with Gasteiger partial charge in [0.1, 0.15) is 0 Å². The van der Waals surface area contributed by atoms with Crippen molar-refractivity contribution in [3.05, 3.63) is 29.8 Å². The van der Waals surface area contributed by atoms with Crippen LogP contribution in [0.5, 0.6) is 0 Å². The van der Waals surface area contributed by atoms with Gasteiger partial charge in [-0.05, 0) is 49.9 Å². The second kappa shape index (κ2) is 9.90. The van der Waals surface area contributed by atoms with Crippen LogP contribution in [0.4, 0.5) is 5.69 Å². The molecule has 2 amide bonds. The molecule has 0 spiro atoms. The van der Waals surface area contributed by atoms with E-state index >= 15 is 0 Å². The van der Waals surface area contributed by atoms with Crippen LogP contribution in [0, 0.1) is 0 Å². The third kappa shape index (κ3) is 5.20. The fraction of sp³-hybridized carbons (Fsp3) is 0.652. The Morgan fingerprint density at radius 3 is 2.37 bits per heavy atom. The number of nitrogens with one attached hydrogen (secondary N) is 1. The standard InChI is InChI=1S/C23H34N4O3/c1-18(28)26-13-11-25(12-14-26)17-19-4-6-20(7-5-19)24-23(29)22-3-2-10-27(22)21-8-15-30-16-9-21/h4-7,21-22H,2-3,8-17H2,1H3,(H,24,29)/t22-/m0/s1. The zero-order chi connectivity index (χ0) is 20.9. The Morgan fingerprint density at radius 1 is 1.00 bits per heavy atom. The number of benzene rings is 1. The Kier molecular flexibility index (Phi) is 7.02. The molecule has 0 radical (unpaired) electrons. The number of carbonyl (C=O) groups is 2. The molecule has 0 saturated carbocycles. The summed E-state index contributed by atoms with van der Waals surface area (Å²) >= 11 is 0. The van der Waals surface area contributed by atoms with Gasteiger partial charge in [0, 0.05) is 64.6 Å². The summed E-state index contributed by atoms with van der Waals surface area (Å²) in [5, 5.41) is 3.13. The summed E-state index contributed by atoms with van der Waals surface area (Å²) < 4.78 is 5.48. The largest absolute Gasteiger partial charge is 0.381 e. The molecule has 0 aliphatic carbocycles. The molecule has 30 heavy (non-hydrogen) atoms. The molecule has 1 aromatic rings. The first-order chi connectivity index (χ1) is 14.6. The molecule has 1 atom stereocenters. The lowest BCUT2D eigenvalue weighted by molar-refractivity contribution is -0.130. The Labute approximate surface area is 179 Å². The van der Waals surface area contributed by atoms with Crippen LogP contribution in [-0.4, -0.2) is 84.5 Å². The van der Waals surface area contributed by atoms with Crippen LogP contribution in [0.1, 0.15) is 38.2 Å². The summed E-state index contributed by atoms with van der Waals surface area (Å²) in [5.74, 6) is 0.277. The minimum atomic E-state index is -0.0228. The Morgan fingerprint density at radius 2 is 1.70 bits per heavy atom. The van der Waals surface area contributed by atoms with E-state index in [1.54, 1.807) is 6.92 Å². The lowest BCUT2D eigenvalue weighted by Crippen LogP contribution is -2.47. The molecular weight excluding hydrogens is 380 g/mol. The van der Waals surface area contributed by atoms with E-state index in [1.807, 2.05) is 17.0 Å². The van der Waals surface area contributed by atoms with Crippen LogP contribution < -0.4 is 5.32 Å². The summed E-state index contributed by atoms with van der Waals surface area (Å²) in [6.45, 7) is 8.55. The van der Waals surface area contributed by atoms with Gasteiger partial charge in [0.05, 0.1) is 6.04 Å². The smallest absolute Gasteiger partial charge is 0.241 e. The first kappa shape index (κ1) is 21.3. The van der Waals surface area contributed by atoms with Crippen molar-refractivity contribution < 1.29 is 14.3 Å². The molecule has 0 unspecified atom stereocenters. The molecule has 0 bridgehead atoms. The molecule has 7 heteroatoms. The van der Waals surface area contributed by atoms with Gasteiger partial charge in [0.2, 0.25) is 11.8 Å². The SMILES string of the molecule is CC(=O)N1CCN(Cc2ccc(NC(=O)[C@@H]3CCCN3C3CCOCC3)cc2)CC1. The molecule has 3 heterocycles. The van der Waals surface area contributed by atoms with Gasteiger partial charge in [0.25, 0.3) is 0 Å². The highest BCUT2D eigenvalue weighted by Crippen LogP contribution is 2.26. The molecule has 1 aromatic carbocycles. The minimum absolute atomic E-state index is 0.0228. The molecule has 3 aliphatic rings. The first-order valence-electron chi connectivity index (χ1n) is 11.3. The number of ether oxygens (including phenoxy) is 1. The minimum Gasteiger partial charge on any atom is -0.381 e. The zero-order valence-electron chi connectivity index (χ0n) is 18.0. The van der Waals surface area contributed by atoms with Gasteiger partial charge >= 0.3 is 0 Å². The van der Waals surface area contributed by atoms with E-state index in [0.29, 0.717) is 6.04 Å². The number of nitrogens with zero attached hydrogens (tertiary/aromatic N) is 3. The van der Waals surface area contributed by atoms with E-state index in [9.17, 15) is 9.59 Å². The number of carbonyl (C=O) groups excluding carboxylic acids is 2. The van der Waals surface area contributed by atoms with Crippen LogP contribution in [0.3, 0.4) is 0 Å². The average molecular weight is 415 g/mol. The van der Waals surface area contributed by atoms with Gasteiger partial charge in [-0.3, -0.25) is 19.4 Å². The van der Waals surface area contributed by atoms with Gasteiger partial charge in [0.15, 0.2) is 0 Å². The highest BCUT2D eigenvalue weighted by atomic mass is 16.5. The number of hydrogen-bond donors (Lipinski definition) is 1. The second-order valence-electron chi connectivity index (χ2n) is 8.71. The third-order valence-electron chi connectivity index (χ3n) is 6.70. The maximum atomic E-state index is 12.9. The van der Waals surface area contributed by atoms with Crippen molar-refractivity contribution in [1.29, 1.82) is 0 Å². The van der Waals surface area contributed by atoms with E-state index < -0.39 is 0 Å². The highest BCUT2D eigenvalue weighted by molar-refractivity contribution is 5.95. The topological polar surface area (TPSA) is 65.1 Å². The number of hydrogen-bond acceptors (Lipinski definition) is 5. The summed E-state index contributed by atoms with van der Waals surface area (Å²) in [7, 11) is 0. The monoisotopic (exact) mass is 414 g/mol. The van der Waals surface area contributed by atoms with Crippen LogP contribution in [0.15, 0.2) is 24.3 Å². The molecule has 3 aliphatic heterocycles. The molecule has 1 N–H and O–H groups in total. The molecule has 0 aromatic heterocycles. The van der Waals surface area contributed by atoms with Crippen molar-refractivity contribution in [2.75, 3.05) is 51.3 Å². The molecule has 3 fully saturated rings. The average Bonchev–Trinajstić information content (AvgIpc) is 3.26. The summed E-state index contributed by atoms with van der Waals surface area (Å²) in [6.07, 6.45) is 4.08. The number of amides is 2. The Balaban J connectivity index is 1.28. The van der Waals surface area contributed by atoms with Crippen molar-refractivity contribution in [2.45, 2.75) is 51.2 Å². The van der Waals surface area contributed by atoms with Crippen LogP contribution in [0.2, 0.25) is 0 Å². The predicted octanol–water partition coefficient (Wildman–Crippen LogP) is 1.93. The van der Waals surface area contributed by atoms with E-state index in [0.717, 1.165) is 83.9 Å². The van der Waals surface area contributed by atoms with Gasteiger partial charge < -0.3 is 15.0 Å². The Hall–Kier alpha value is -1.96. The highest BCUT2D eigenvalue weighted by Gasteiger charge is 2.35. The molecule has 4 rings (SSSR count). The van der Waals surface area contributed by atoms with E-state index in [-0.39, 0.29) is 17.9 Å².